The van der Waals surface area contributed by atoms with Crippen molar-refractivity contribution < 1.29 is 4.79 Å². The molecule has 4 rings (SSSR count). The van der Waals surface area contributed by atoms with E-state index in [1.165, 1.54) is 36.0 Å². The fourth-order valence-corrected chi connectivity index (χ4v) is 4.61. The molecule has 3 fully saturated rings. The second-order valence-corrected chi connectivity index (χ2v) is 7.82. The summed E-state index contributed by atoms with van der Waals surface area (Å²) in [6.07, 6.45) is 4.72. The number of nitrogens with one attached hydrogen (secondary N) is 1. The molecule has 0 radical (unpaired) electrons. The molecule has 0 bridgehead atoms. The smallest absolute Gasteiger partial charge is 0.226 e. The van der Waals surface area contributed by atoms with Crippen LogP contribution in [0.5, 0.6) is 0 Å². The molecule has 3 unspecified atom stereocenters. The lowest BCUT2D eigenvalue weighted by Crippen LogP contribution is -2.40. The predicted octanol–water partition coefficient (Wildman–Crippen LogP) is 3.04. The van der Waals surface area contributed by atoms with Crippen molar-refractivity contribution >= 4 is 5.91 Å². The number of amides is 1. The standard InChI is InChI=1S/C20H28N2O/c1-13-4-3-5-16(14(13)2)12-22(17-7-8-17)20(23)18-9-6-15-10-21-11-19(15)18/h3-5,15,17-19,21H,6-12H2,1-2H3. The summed E-state index contributed by atoms with van der Waals surface area (Å²) in [5.74, 6) is 2.03. The van der Waals surface area contributed by atoms with Gasteiger partial charge in [-0.3, -0.25) is 4.79 Å². The third-order valence-corrected chi connectivity index (χ3v) is 6.40. The van der Waals surface area contributed by atoms with Crippen LogP contribution in [0.3, 0.4) is 0 Å². The van der Waals surface area contributed by atoms with E-state index in [0.29, 0.717) is 17.9 Å². The summed E-state index contributed by atoms with van der Waals surface area (Å²) in [4.78, 5) is 15.5. The zero-order chi connectivity index (χ0) is 16.0. The fraction of sp³-hybridized carbons (Fsp3) is 0.650. The number of hydrogen-bond acceptors (Lipinski definition) is 2. The Morgan fingerprint density at radius 1 is 1.17 bits per heavy atom. The summed E-state index contributed by atoms with van der Waals surface area (Å²) >= 11 is 0. The van der Waals surface area contributed by atoms with Crippen LogP contribution in [0.4, 0.5) is 0 Å². The molecule has 2 saturated carbocycles. The van der Waals surface area contributed by atoms with E-state index in [2.05, 4.69) is 42.3 Å². The van der Waals surface area contributed by atoms with Gasteiger partial charge in [0, 0.05) is 18.5 Å². The molecule has 1 amide bonds. The first-order valence-electron chi connectivity index (χ1n) is 9.21. The summed E-state index contributed by atoms with van der Waals surface area (Å²) in [5.41, 5.74) is 3.99. The highest BCUT2D eigenvalue weighted by Crippen LogP contribution is 2.42. The summed E-state index contributed by atoms with van der Waals surface area (Å²) in [5, 5.41) is 3.49. The number of fused-ring (bicyclic) bond motifs is 1. The van der Waals surface area contributed by atoms with E-state index in [1.807, 2.05) is 0 Å². The number of nitrogens with zero attached hydrogens (tertiary/aromatic N) is 1. The third kappa shape index (κ3) is 2.80. The third-order valence-electron chi connectivity index (χ3n) is 6.40. The van der Waals surface area contributed by atoms with Crippen LogP contribution in [-0.4, -0.2) is 29.9 Å². The van der Waals surface area contributed by atoms with E-state index in [4.69, 9.17) is 0 Å². The van der Waals surface area contributed by atoms with Gasteiger partial charge in [-0.2, -0.15) is 0 Å². The lowest BCUT2D eigenvalue weighted by atomic mass is 9.91. The first-order chi connectivity index (χ1) is 11.1. The highest BCUT2D eigenvalue weighted by Gasteiger charge is 2.46. The van der Waals surface area contributed by atoms with Crippen LogP contribution in [0.1, 0.15) is 42.4 Å². The van der Waals surface area contributed by atoms with Gasteiger partial charge in [-0.25, -0.2) is 0 Å². The Hall–Kier alpha value is -1.35. The summed E-state index contributed by atoms with van der Waals surface area (Å²) in [7, 11) is 0. The molecule has 124 valence electrons. The van der Waals surface area contributed by atoms with Gasteiger partial charge in [0.1, 0.15) is 0 Å². The number of carbonyl (C=O) groups is 1. The molecular weight excluding hydrogens is 284 g/mol. The Balaban J connectivity index is 1.54. The van der Waals surface area contributed by atoms with Gasteiger partial charge in [-0.15, -0.1) is 0 Å². The topological polar surface area (TPSA) is 32.3 Å². The van der Waals surface area contributed by atoms with Crippen LogP contribution < -0.4 is 5.32 Å². The first-order valence-corrected chi connectivity index (χ1v) is 9.21. The summed E-state index contributed by atoms with van der Waals surface area (Å²) in [6, 6.07) is 6.98. The average molecular weight is 312 g/mol. The van der Waals surface area contributed by atoms with E-state index in [-0.39, 0.29) is 5.92 Å². The van der Waals surface area contributed by atoms with E-state index in [0.717, 1.165) is 32.0 Å². The molecule has 3 atom stereocenters. The van der Waals surface area contributed by atoms with Gasteiger partial charge in [0.05, 0.1) is 0 Å². The second kappa shape index (κ2) is 5.94. The number of hydrogen-bond donors (Lipinski definition) is 1. The molecule has 3 aliphatic rings. The van der Waals surface area contributed by atoms with Crippen molar-refractivity contribution in [2.24, 2.45) is 17.8 Å². The minimum atomic E-state index is 0.265. The number of rotatable bonds is 4. The van der Waals surface area contributed by atoms with Gasteiger partial charge < -0.3 is 10.2 Å². The monoisotopic (exact) mass is 312 g/mol. The van der Waals surface area contributed by atoms with Crippen molar-refractivity contribution in [1.82, 2.24) is 10.2 Å². The van der Waals surface area contributed by atoms with Crippen molar-refractivity contribution in [1.29, 1.82) is 0 Å². The van der Waals surface area contributed by atoms with Gasteiger partial charge in [0.25, 0.3) is 0 Å². The molecule has 23 heavy (non-hydrogen) atoms. The Morgan fingerprint density at radius 3 is 2.78 bits per heavy atom. The van der Waals surface area contributed by atoms with Crippen molar-refractivity contribution in [2.45, 2.75) is 52.1 Å². The number of carbonyl (C=O) groups excluding carboxylic acids is 1. The summed E-state index contributed by atoms with van der Waals surface area (Å²) < 4.78 is 0. The van der Waals surface area contributed by atoms with Gasteiger partial charge in [0.15, 0.2) is 0 Å². The maximum Gasteiger partial charge on any atom is 0.226 e. The van der Waals surface area contributed by atoms with Crippen LogP contribution in [0.15, 0.2) is 18.2 Å². The van der Waals surface area contributed by atoms with Gasteiger partial charge in [-0.1, -0.05) is 18.2 Å². The van der Waals surface area contributed by atoms with Crippen LogP contribution >= 0.6 is 0 Å². The molecule has 1 aromatic carbocycles. The fourth-order valence-electron chi connectivity index (χ4n) is 4.61. The van der Waals surface area contributed by atoms with Crippen molar-refractivity contribution in [2.75, 3.05) is 13.1 Å². The van der Waals surface area contributed by atoms with Crippen molar-refractivity contribution in [3.8, 4) is 0 Å². The molecule has 0 spiro atoms. The highest BCUT2D eigenvalue weighted by molar-refractivity contribution is 5.80. The molecule has 1 aliphatic heterocycles. The van der Waals surface area contributed by atoms with Gasteiger partial charge in [-0.05, 0) is 81.1 Å². The Kier molecular flexibility index (Phi) is 3.92. The van der Waals surface area contributed by atoms with Crippen molar-refractivity contribution in [3.05, 3.63) is 34.9 Å². The maximum absolute atomic E-state index is 13.3. The molecule has 1 saturated heterocycles. The Morgan fingerprint density at radius 2 is 2.00 bits per heavy atom. The average Bonchev–Trinajstić information content (AvgIpc) is 3.13. The molecule has 1 aromatic rings. The normalized spacial score (nSPS) is 29.6. The SMILES string of the molecule is Cc1cccc(CN(C(=O)C2CCC3CNCC32)C2CC2)c1C. The van der Waals surface area contributed by atoms with E-state index in [1.54, 1.807) is 0 Å². The molecular formula is C20H28N2O. The van der Waals surface area contributed by atoms with E-state index < -0.39 is 0 Å². The van der Waals surface area contributed by atoms with Crippen LogP contribution in [0, 0.1) is 31.6 Å². The number of benzene rings is 1. The largest absolute Gasteiger partial charge is 0.335 e. The summed E-state index contributed by atoms with van der Waals surface area (Å²) in [6.45, 7) is 7.32. The second-order valence-electron chi connectivity index (χ2n) is 7.82. The van der Waals surface area contributed by atoms with E-state index >= 15 is 0 Å². The minimum absolute atomic E-state index is 0.265. The Bertz CT molecular complexity index is 608. The Labute approximate surface area is 139 Å². The maximum atomic E-state index is 13.3. The molecule has 1 N–H and O–H groups in total. The number of aryl methyl sites for hydroxylation is 1. The molecule has 1 heterocycles. The zero-order valence-electron chi connectivity index (χ0n) is 14.3. The quantitative estimate of drug-likeness (QED) is 0.927. The predicted molar refractivity (Wildman–Crippen MR) is 92.1 cm³/mol. The van der Waals surface area contributed by atoms with Crippen LogP contribution in [-0.2, 0) is 11.3 Å². The zero-order valence-corrected chi connectivity index (χ0v) is 14.3. The van der Waals surface area contributed by atoms with Crippen LogP contribution in [0.2, 0.25) is 0 Å². The highest BCUT2D eigenvalue weighted by atomic mass is 16.2. The minimum Gasteiger partial charge on any atom is -0.335 e. The van der Waals surface area contributed by atoms with Gasteiger partial charge in [0.2, 0.25) is 5.91 Å². The van der Waals surface area contributed by atoms with Crippen LogP contribution in [0.25, 0.3) is 0 Å². The van der Waals surface area contributed by atoms with Gasteiger partial charge >= 0.3 is 0 Å². The van der Waals surface area contributed by atoms with E-state index in [9.17, 15) is 4.79 Å². The molecule has 3 nitrogen and oxygen atoms in total. The lowest BCUT2D eigenvalue weighted by molar-refractivity contribution is -0.138. The van der Waals surface area contributed by atoms with Crippen molar-refractivity contribution in [3.63, 3.8) is 0 Å². The lowest BCUT2D eigenvalue weighted by Gasteiger charge is -2.29. The molecule has 0 aromatic heterocycles. The molecule has 3 heteroatoms. The molecule has 2 aliphatic carbocycles. The first kappa shape index (κ1) is 15.2.